The summed E-state index contributed by atoms with van der Waals surface area (Å²) < 4.78 is 5.26. The SMILES string of the molecule is COc1ccc(C2CC(=O)c3cnc(Nc4nc(-c5ccccc5)c5cc(Cl)ccc5n4)nc3C2)cc1. The van der Waals surface area contributed by atoms with Crippen LogP contribution in [0.3, 0.4) is 0 Å². The molecule has 7 nitrogen and oxygen atoms in total. The first kappa shape index (κ1) is 23.1. The number of nitrogens with zero attached hydrogens (tertiary/aromatic N) is 4. The summed E-state index contributed by atoms with van der Waals surface area (Å²) in [6.45, 7) is 0. The fraction of sp³-hybridized carbons (Fsp3) is 0.138. The Labute approximate surface area is 218 Å². The van der Waals surface area contributed by atoms with Crippen molar-refractivity contribution < 1.29 is 9.53 Å². The molecule has 37 heavy (non-hydrogen) atoms. The molecule has 3 aromatic carbocycles. The monoisotopic (exact) mass is 507 g/mol. The molecule has 0 saturated heterocycles. The van der Waals surface area contributed by atoms with Crippen molar-refractivity contribution in [2.24, 2.45) is 0 Å². The zero-order valence-corrected chi connectivity index (χ0v) is 20.7. The summed E-state index contributed by atoms with van der Waals surface area (Å²) in [4.78, 5) is 31.4. The van der Waals surface area contributed by atoms with Gasteiger partial charge in [0.25, 0.3) is 0 Å². The van der Waals surface area contributed by atoms with E-state index in [2.05, 4.69) is 15.3 Å². The number of ether oxygens (including phenoxy) is 1. The predicted molar refractivity (Wildman–Crippen MR) is 144 cm³/mol. The maximum atomic E-state index is 12.9. The number of carbonyl (C=O) groups is 1. The van der Waals surface area contributed by atoms with Crippen LogP contribution >= 0.6 is 11.6 Å². The van der Waals surface area contributed by atoms with Crippen LogP contribution in [0.2, 0.25) is 5.02 Å². The molecule has 0 aliphatic heterocycles. The van der Waals surface area contributed by atoms with Gasteiger partial charge in [0.1, 0.15) is 5.75 Å². The van der Waals surface area contributed by atoms with E-state index in [1.165, 1.54) is 0 Å². The van der Waals surface area contributed by atoms with Crippen molar-refractivity contribution in [3.8, 4) is 17.0 Å². The van der Waals surface area contributed by atoms with Gasteiger partial charge in [-0.3, -0.25) is 10.1 Å². The van der Waals surface area contributed by atoms with Gasteiger partial charge < -0.3 is 4.74 Å². The number of hydrogen-bond acceptors (Lipinski definition) is 7. The molecule has 1 unspecified atom stereocenters. The minimum absolute atomic E-state index is 0.0406. The Morgan fingerprint density at radius 2 is 1.73 bits per heavy atom. The Hall–Kier alpha value is -4.36. The maximum Gasteiger partial charge on any atom is 0.230 e. The summed E-state index contributed by atoms with van der Waals surface area (Å²) in [5.41, 5.74) is 4.80. The second kappa shape index (κ2) is 9.59. The lowest BCUT2D eigenvalue weighted by molar-refractivity contribution is 0.0962. The average Bonchev–Trinajstić information content (AvgIpc) is 2.93. The number of carbonyl (C=O) groups excluding carboxylic acids is 1. The van der Waals surface area contributed by atoms with Gasteiger partial charge in [0, 0.05) is 28.6 Å². The third-order valence-corrected chi connectivity index (χ3v) is 6.79. The van der Waals surface area contributed by atoms with Crippen LogP contribution in [0.1, 0.15) is 34.0 Å². The van der Waals surface area contributed by atoms with Crippen molar-refractivity contribution in [1.82, 2.24) is 19.9 Å². The van der Waals surface area contributed by atoms with Crippen molar-refractivity contribution in [3.63, 3.8) is 0 Å². The highest BCUT2D eigenvalue weighted by molar-refractivity contribution is 6.31. The minimum Gasteiger partial charge on any atom is -0.497 e. The lowest BCUT2D eigenvalue weighted by Crippen LogP contribution is -2.21. The molecule has 1 N–H and O–H groups in total. The Bertz CT molecular complexity index is 1620. The molecule has 1 aliphatic carbocycles. The van der Waals surface area contributed by atoms with E-state index in [0.29, 0.717) is 41.0 Å². The standard InChI is InChI=1S/C29H22ClN5O2/c1-37-21-10-7-17(8-11-21)19-13-25-23(26(36)14-19)16-31-28(33-25)35-29-32-24-12-9-20(30)15-22(24)27(34-29)18-5-3-2-4-6-18/h2-12,15-16,19H,13-14H2,1H3,(H,31,32,33,34,35). The van der Waals surface area contributed by atoms with E-state index in [4.69, 9.17) is 26.3 Å². The lowest BCUT2D eigenvalue weighted by Gasteiger charge is -2.23. The molecule has 0 spiro atoms. The molecule has 1 aliphatic rings. The number of benzene rings is 3. The first-order valence-corrected chi connectivity index (χ1v) is 12.3. The minimum atomic E-state index is 0.0406. The molecule has 0 fully saturated rings. The molecule has 5 aromatic rings. The van der Waals surface area contributed by atoms with Crippen LogP contribution in [0.25, 0.3) is 22.2 Å². The third kappa shape index (κ3) is 4.61. The summed E-state index contributed by atoms with van der Waals surface area (Å²) in [5, 5.41) is 4.61. The smallest absolute Gasteiger partial charge is 0.230 e. The second-order valence-corrected chi connectivity index (χ2v) is 9.34. The highest BCUT2D eigenvalue weighted by Gasteiger charge is 2.28. The first-order valence-electron chi connectivity index (χ1n) is 11.9. The number of fused-ring (bicyclic) bond motifs is 2. The largest absolute Gasteiger partial charge is 0.497 e. The summed E-state index contributed by atoms with van der Waals surface area (Å²) in [5.74, 6) is 1.57. The van der Waals surface area contributed by atoms with E-state index in [0.717, 1.165) is 33.5 Å². The Morgan fingerprint density at radius 3 is 2.51 bits per heavy atom. The molecule has 182 valence electrons. The second-order valence-electron chi connectivity index (χ2n) is 8.90. The van der Waals surface area contributed by atoms with E-state index in [-0.39, 0.29) is 11.7 Å². The van der Waals surface area contributed by atoms with Gasteiger partial charge in [-0.2, -0.15) is 0 Å². The van der Waals surface area contributed by atoms with Gasteiger partial charge in [-0.05, 0) is 48.2 Å². The Morgan fingerprint density at radius 1 is 0.919 bits per heavy atom. The number of aromatic nitrogens is 4. The quantitative estimate of drug-likeness (QED) is 0.294. The van der Waals surface area contributed by atoms with Gasteiger partial charge in [0.05, 0.1) is 29.6 Å². The van der Waals surface area contributed by atoms with E-state index in [1.54, 1.807) is 19.4 Å². The van der Waals surface area contributed by atoms with E-state index >= 15 is 0 Å². The van der Waals surface area contributed by atoms with Gasteiger partial charge >= 0.3 is 0 Å². The van der Waals surface area contributed by atoms with Crippen LogP contribution in [-0.4, -0.2) is 32.8 Å². The van der Waals surface area contributed by atoms with E-state index in [9.17, 15) is 4.79 Å². The number of hydrogen-bond donors (Lipinski definition) is 1. The molecule has 0 saturated carbocycles. The number of ketones is 1. The maximum absolute atomic E-state index is 12.9. The molecular weight excluding hydrogens is 486 g/mol. The average molecular weight is 508 g/mol. The Balaban J connectivity index is 1.34. The zero-order valence-electron chi connectivity index (χ0n) is 20.0. The van der Waals surface area contributed by atoms with Gasteiger partial charge in [-0.15, -0.1) is 0 Å². The van der Waals surface area contributed by atoms with Crippen LogP contribution in [0, 0.1) is 0 Å². The lowest BCUT2D eigenvalue weighted by atomic mass is 9.82. The fourth-order valence-corrected chi connectivity index (χ4v) is 4.86. The van der Waals surface area contributed by atoms with Crippen molar-refractivity contribution in [3.05, 3.63) is 101 Å². The Kier molecular flexibility index (Phi) is 5.98. The normalized spacial score (nSPS) is 14.9. The molecule has 2 aromatic heterocycles. The highest BCUT2D eigenvalue weighted by Crippen LogP contribution is 2.34. The molecule has 2 heterocycles. The molecule has 0 amide bonds. The van der Waals surface area contributed by atoms with E-state index in [1.807, 2.05) is 66.7 Å². The number of methoxy groups -OCH3 is 1. The first-order chi connectivity index (χ1) is 18.1. The van der Waals surface area contributed by atoms with Crippen LogP contribution in [0.15, 0.2) is 79.0 Å². The van der Waals surface area contributed by atoms with Crippen LogP contribution < -0.4 is 10.1 Å². The number of halogens is 1. The highest BCUT2D eigenvalue weighted by atomic mass is 35.5. The molecule has 1 atom stereocenters. The molecule has 6 rings (SSSR count). The van der Waals surface area contributed by atoms with Gasteiger partial charge in [0.15, 0.2) is 5.78 Å². The summed E-state index contributed by atoms with van der Waals surface area (Å²) in [6, 6.07) is 23.2. The predicted octanol–water partition coefficient (Wildman–Crippen LogP) is 6.41. The van der Waals surface area contributed by atoms with E-state index < -0.39 is 0 Å². The fourth-order valence-electron chi connectivity index (χ4n) is 4.69. The summed E-state index contributed by atoms with van der Waals surface area (Å²) >= 11 is 6.27. The summed E-state index contributed by atoms with van der Waals surface area (Å²) in [7, 11) is 1.64. The van der Waals surface area contributed by atoms with Crippen molar-refractivity contribution in [2.45, 2.75) is 18.8 Å². The van der Waals surface area contributed by atoms with Crippen molar-refractivity contribution in [1.29, 1.82) is 0 Å². The third-order valence-electron chi connectivity index (χ3n) is 6.56. The van der Waals surface area contributed by atoms with Crippen LogP contribution in [-0.2, 0) is 6.42 Å². The zero-order chi connectivity index (χ0) is 25.4. The number of Topliss-reactive ketones (excluding diaryl/α,β-unsaturated/α-hetero) is 1. The van der Waals surface area contributed by atoms with Crippen molar-refractivity contribution >= 4 is 40.2 Å². The topological polar surface area (TPSA) is 89.9 Å². The molecule has 0 radical (unpaired) electrons. The molecule has 8 heteroatoms. The number of nitrogens with one attached hydrogen (secondary N) is 1. The number of anilines is 2. The van der Waals surface area contributed by atoms with Crippen LogP contribution in [0.4, 0.5) is 11.9 Å². The van der Waals surface area contributed by atoms with Gasteiger partial charge in [-0.1, -0.05) is 54.1 Å². The number of rotatable bonds is 5. The molecule has 0 bridgehead atoms. The van der Waals surface area contributed by atoms with Gasteiger partial charge in [-0.25, -0.2) is 19.9 Å². The summed E-state index contributed by atoms with van der Waals surface area (Å²) in [6.07, 6.45) is 2.65. The van der Waals surface area contributed by atoms with Crippen LogP contribution in [0.5, 0.6) is 5.75 Å². The molecular formula is C29H22ClN5O2. The van der Waals surface area contributed by atoms with Crippen molar-refractivity contribution in [2.75, 3.05) is 12.4 Å². The van der Waals surface area contributed by atoms with Gasteiger partial charge in [0.2, 0.25) is 11.9 Å².